The molecule has 1 aliphatic rings. The van der Waals surface area contributed by atoms with Crippen molar-refractivity contribution in [3.05, 3.63) is 52.6 Å². The summed E-state index contributed by atoms with van der Waals surface area (Å²) < 4.78 is 12.3. The number of ether oxygens (including phenoxy) is 2. The highest BCUT2D eigenvalue weighted by atomic mass is 16.5. The maximum atomic E-state index is 12.3. The SMILES string of the molecule is COCCOc1cccc(CN[C@@H]2CCCN(c3nccn(C)c3=O)C2)c1. The fourth-order valence-electron chi connectivity index (χ4n) is 3.29. The Morgan fingerprint density at radius 3 is 3.07 bits per heavy atom. The zero-order valence-corrected chi connectivity index (χ0v) is 16.1. The number of rotatable bonds is 8. The van der Waals surface area contributed by atoms with Crippen molar-refractivity contribution >= 4 is 5.82 Å². The third-order valence-electron chi connectivity index (χ3n) is 4.77. The molecule has 1 aromatic heterocycles. The molecule has 1 fully saturated rings. The van der Waals surface area contributed by atoms with E-state index in [4.69, 9.17) is 9.47 Å². The van der Waals surface area contributed by atoms with Gasteiger partial charge in [0.2, 0.25) is 0 Å². The predicted octanol–water partition coefficient (Wildman–Crippen LogP) is 1.56. The lowest BCUT2D eigenvalue weighted by Gasteiger charge is -2.33. The van der Waals surface area contributed by atoms with E-state index in [9.17, 15) is 4.79 Å². The molecule has 1 aromatic carbocycles. The lowest BCUT2D eigenvalue weighted by Crippen LogP contribution is -2.47. The monoisotopic (exact) mass is 372 g/mol. The van der Waals surface area contributed by atoms with Crippen LogP contribution in [0.3, 0.4) is 0 Å². The van der Waals surface area contributed by atoms with Crippen molar-refractivity contribution in [2.45, 2.75) is 25.4 Å². The lowest BCUT2D eigenvalue weighted by atomic mass is 10.1. The third kappa shape index (κ3) is 5.30. The van der Waals surface area contributed by atoms with Crippen molar-refractivity contribution < 1.29 is 9.47 Å². The Morgan fingerprint density at radius 1 is 1.33 bits per heavy atom. The molecule has 7 heteroatoms. The summed E-state index contributed by atoms with van der Waals surface area (Å²) in [6.45, 7) is 3.54. The second kappa shape index (κ2) is 9.53. The van der Waals surface area contributed by atoms with Gasteiger partial charge in [-0.25, -0.2) is 4.98 Å². The molecule has 0 bridgehead atoms. The minimum absolute atomic E-state index is 0.0425. The Bertz CT molecular complexity index is 793. The second-order valence-corrected chi connectivity index (χ2v) is 6.82. The van der Waals surface area contributed by atoms with Crippen LogP contribution in [-0.2, 0) is 18.3 Å². The summed E-state index contributed by atoms with van der Waals surface area (Å²) in [5.74, 6) is 1.40. The number of anilines is 1. The van der Waals surface area contributed by atoms with E-state index in [1.165, 1.54) is 5.56 Å². The topological polar surface area (TPSA) is 68.6 Å². The maximum Gasteiger partial charge on any atom is 0.293 e. The van der Waals surface area contributed by atoms with Gasteiger partial charge in [-0.2, -0.15) is 0 Å². The molecule has 1 aliphatic heterocycles. The first-order chi connectivity index (χ1) is 13.2. The summed E-state index contributed by atoms with van der Waals surface area (Å²) >= 11 is 0. The van der Waals surface area contributed by atoms with Gasteiger partial charge in [0.05, 0.1) is 6.61 Å². The standard InChI is InChI=1S/C20H28N4O3/c1-23-10-8-21-19(20(23)25)24-9-4-6-17(15-24)22-14-16-5-3-7-18(13-16)27-12-11-26-2/h3,5,7-8,10,13,17,22H,4,6,9,11-12,14-15H2,1-2H3/t17-/m1/s1. The number of aromatic nitrogens is 2. The van der Waals surface area contributed by atoms with Crippen molar-refractivity contribution in [3.63, 3.8) is 0 Å². The Hall–Kier alpha value is -2.38. The Kier molecular flexibility index (Phi) is 6.84. The van der Waals surface area contributed by atoms with Gasteiger partial charge in [0.1, 0.15) is 12.4 Å². The molecule has 0 aliphatic carbocycles. The van der Waals surface area contributed by atoms with Crippen molar-refractivity contribution in [1.29, 1.82) is 0 Å². The summed E-state index contributed by atoms with van der Waals surface area (Å²) in [6, 6.07) is 8.43. The Balaban J connectivity index is 1.56. The molecule has 0 amide bonds. The van der Waals surface area contributed by atoms with Crippen molar-refractivity contribution in [2.24, 2.45) is 7.05 Å². The first-order valence-electron chi connectivity index (χ1n) is 9.38. The normalized spacial score (nSPS) is 17.1. The van der Waals surface area contributed by atoms with E-state index in [0.29, 0.717) is 25.1 Å². The van der Waals surface area contributed by atoms with Crippen LogP contribution >= 0.6 is 0 Å². The fraction of sp³-hybridized carbons (Fsp3) is 0.500. The zero-order chi connectivity index (χ0) is 19.1. The molecule has 2 heterocycles. The second-order valence-electron chi connectivity index (χ2n) is 6.82. The number of piperidine rings is 1. The molecule has 0 spiro atoms. The molecule has 0 unspecified atom stereocenters. The molecule has 27 heavy (non-hydrogen) atoms. The van der Waals surface area contributed by atoms with E-state index >= 15 is 0 Å². The number of hydrogen-bond donors (Lipinski definition) is 1. The van der Waals surface area contributed by atoms with Gasteiger partial charge in [-0.05, 0) is 30.5 Å². The van der Waals surface area contributed by atoms with Gasteiger partial charge < -0.3 is 24.3 Å². The van der Waals surface area contributed by atoms with Crippen LogP contribution in [0.2, 0.25) is 0 Å². The van der Waals surface area contributed by atoms with Gasteiger partial charge in [-0.15, -0.1) is 0 Å². The highest BCUT2D eigenvalue weighted by Crippen LogP contribution is 2.17. The van der Waals surface area contributed by atoms with E-state index < -0.39 is 0 Å². The van der Waals surface area contributed by atoms with Crippen LogP contribution in [-0.4, -0.2) is 49.0 Å². The van der Waals surface area contributed by atoms with Crippen molar-refractivity contribution in [3.8, 4) is 5.75 Å². The molecule has 1 saturated heterocycles. The van der Waals surface area contributed by atoms with Crippen LogP contribution < -0.4 is 20.5 Å². The molecule has 146 valence electrons. The first-order valence-corrected chi connectivity index (χ1v) is 9.38. The average molecular weight is 372 g/mol. The van der Waals surface area contributed by atoms with Crippen LogP contribution in [0.25, 0.3) is 0 Å². The molecule has 3 rings (SSSR count). The smallest absolute Gasteiger partial charge is 0.293 e. The van der Waals surface area contributed by atoms with Gasteiger partial charge in [0.25, 0.3) is 5.56 Å². The quantitative estimate of drug-likeness (QED) is 0.710. The predicted molar refractivity (Wildman–Crippen MR) is 105 cm³/mol. The lowest BCUT2D eigenvalue weighted by molar-refractivity contribution is 0.146. The highest BCUT2D eigenvalue weighted by Gasteiger charge is 2.22. The van der Waals surface area contributed by atoms with Crippen LogP contribution in [0, 0.1) is 0 Å². The first kappa shape index (κ1) is 19.4. The number of nitrogens with one attached hydrogen (secondary N) is 1. The summed E-state index contributed by atoms with van der Waals surface area (Å²) in [7, 11) is 3.42. The van der Waals surface area contributed by atoms with Gasteiger partial charge in [0, 0.05) is 52.2 Å². The summed E-state index contributed by atoms with van der Waals surface area (Å²) in [6.07, 6.45) is 5.50. The Labute approximate surface area is 159 Å². The highest BCUT2D eigenvalue weighted by molar-refractivity contribution is 5.36. The van der Waals surface area contributed by atoms with Crippen LogP contribution in [0.15, 0.2) is 41.5 Å². The summed E-state index contributed by atoms with van der Waals surface area (Å²) in [5.41, 5.74) is 1.13. The fourth-order valence-corrected chi connectivity index (χ4v) is 3.29. The number of methoxy groups -OCH3 is 1. The molecular formula is C20H28N4O3. The minimum Gasteiger partial charge on any atom is -0.491 e. The molecule has 7 nitrogen and oxygen atoms in total. The average Bonchev–Trinajstić information content (AvgIpc) is 2.69. The molecular weight excluding hydrogens is 344 g/mol. The molecule has 0 saturated carbocycles. The van der Waals surface area contributed by atoms with E-state index in [-0.39, 0.29) is 5.56 Å². The van der Waals surface area contributed by atoms with Crippen LogP contribution in [0.4, 0.5) is 5.82 Å². The van der Waals surface area contributed by atoms with Crippen molar-refractivity contribution in [1.82, 2.24) is 14.9 Å². The molecule has 1 atom stereocenters. The zero-order valence-electron chi connectivity index (χ0n) is 16.1. The number of nitrogens with zero attached hydrogens (tertiary/aromatic N) is 3. The largest absolute Gasteiger partial charge is 0.491 e. The third-order valence-corrected chi connectivity index (χ3v) is 4.77. The molecule has 1 N–H and O–H groups in total. The van der Waals surface area contributed by atoms with Gasteiger partial charge >= 0.3 is 0 Å². The van der Waals surface area contributed by atoms with Crippen molar-refractivity contribution in [2.75, 3.05) is 38.3 Å². The van der Waals surface area contributed by atoms with Gasteiger partial charge in [-0.1, -0.05) is 12.1 Å². The van der Waals surface area contributed by atoms with Crippen LogP contribution in [0.5, 0.6) is 5.75 Å². The number of benzene rings is 1. The van der Waals surface area contributed by atoms with Gasteiger partial charge in [0.15, 0.2) is 5.82 Å². The summed E-state index contributed by atoms with van der Waals surface area (Å²) in [5, 5.41) is 3.61. The van der Waals surface area contributed by atoms with E-state index in [1.807, 2.05) is 12.1 Å². The summed E-state index contributed by atoms with van der Waals surface area (Å²) in [4.78, 5) is 18.7. The van der Waals surface area contributed by atoms with E-state index in [2.05, 4.69) is 27.3 Å². The number of hydrogen-bond acceptors (Lipinski definition) is 6. The number of aryl methyl sites for hydroxylation is 1. The molecule has 0 radical (unpaired) electrons. The minimum atomic E-state index is -0.0425. The maximum absolute atomic E-state index is 12.3. The molecule has 2 aromatic rings. The van der Waals surface area contributed by atoms with Gasteiger partial charge in [-0.3, -0.25) is 4.79 Å². The van der Waals surface area contributed by atoms with Crippen LogP contribution in [0.1, 0.15) is 18.4 Å². The Morgan fingerprint density at radius 2 is 2.22 bits per heavy atom. The van der Waals surface area contributed by atoms with E-state index in [0.717, 1.165) is 38.2 Å². The van der Waals surface area contributed by atoms with E-state index in [1.54, 1.807) is 31.1 Å².